The molecule has 0 aromatic heterocycles. The van der Waals surface area contributed by atoms with Crippen LogP contribution in [0.2, 0.25) is 0 Å². The minimum absolute atomic E-state index is 0.159. The van der Waals surface area contributed by atoms with Gasteiger partial charge in [-0.15, -0.1) is 0 Å². The third-order valence-electron chi connectivity index (χ3n) is 4.20. The van der Waals surface area contributed by atoms with E-state index in [0.717, 1.165) is 32.0 Å². The molecule has 0 bridgehead atoms. The van der Waals surface area contributed by atoms with E-state index in [0.29, 0.717) is 12.8 Å². The van der Waals surface area contributed by atoms with Crippen molar-refractivity contribution in [2.24, 2.45) is 11.3 Å². The van der Waals surface area contributed by atoms with Crippen molar-refractivity contribution >= 4 is 6.29 Å². The molecular formula is C14H25NO3. The Morgan fingerprint density at radius 2 is 1.78 bits per heavy atom. The summed E-state index contributed by atoms with van der Waals surface area (Å²) in [6.45, 7) is 4.36. The Balaban J connectivity index is 2.75. The summed E-state index contributed by atoms with van der Waals surface area (Å²) < 4.78 is 0. The van der Waals surface area contributed by atoms with E-state index in [1.54, 1.807) is 0 Å². The Kier molecular flexibility index (Phi) is 5.76. The maximum absolute atomic E-state index is 11.1. The first-order valence-electron chi connectivity index (χ1n) is 7.05. The first-order valence-corrected chi connectivity index (χ1v) is 7.05. The van der Waals surface area contributed by atoms with Crippen molar-refractivity contribution in [1.29, 1.82) is 0 Å². The van der Waals surface area contributed by atoms with Gasteiger partial charge in [0.1, 0.15) is 6.29 Å². The highest BCUT2D eigenvalue weighted by Gasteiger charge is 2.33. The Hall–Kier alpha value is -0.930. The number of hydrogen-bond acceptors (Lipinski definition) is 3. The monoisotopic (exact) mass is 255 g/mol. The standard InChI is InChI=1S/C14H25NO3/c1-14(2)9-6-4-3-5-7-12(11-16)13(8-10-14)15(17)18/h11-13H,3-10H2,1-2H3. The van der Waals surface area contributed by atoms with Gasteiger partial charge >= 0.3 is 0 Å². The highest BCUT2D eigenvalue weighted by atomic mass is 16.6. The van der Waals surface area contributed by atoms with Crippen molar-refractivity contribution in [1.82, 2.24) is 0 Å². The molecule has 104 valence electrons. The summed E-state index contributed by atoms with van der Waals surface area (Å²) in [5, 5.41) is 11.1. The molecule has 0 amide bonds. The lowest BCUT2D eigenvalue weighted by Gasteiger charge is -2.25. The van der Waals surface area contributed by atoms with E-state index in [1.807, 2.05) is 0 Å². The van der Waals surface area contributed by atoms with Crippen LogP contribution in [0.1, 0.15) is 65.2 Å². The summed E-state index contributed by atoms with van der Waals surface area (Å²) in [5.74, 6) is -0.395. The molecule has 1 fully saturated rings. The Labute approximate surface area is 109 Å². The highest BCUT2D eigenvalue weighted by molar-refractivity contribution is 5.54. The Bertz CT molecular complexity index is 289. The van der Waals surface area contributed by atoms with E-state index in [1.165, 1.54) is 12.8 Å². The van der Waals surface area contributed by atoms with Gasteiger partial charge in [0.25, 0.3) is 0 Å². The van der Waals surface area contributed by atoms with Crippen molar-refractivity contribution < 1.29 is 9.72 Å². The average Bonchev–Trinajstić information content (AvgIpc) is 2.32. The van der Waals surface area contributed by atoms with Gasteiger partial charge in [0.05, 0.1) is 5.92 Å². The van der Waals surface area contributed by atoms with Gasteiger partial charge < -0.3 is 4.79 Å². The maximum Gasteiger partial charge on any atom is 0.222 e. The van der Waals surface area contributed by atoms with Crippen molar-refractivity contribution in [2.75, 3.05) is 0 Å². The first-order chi connectivity index (χ1) is 8.46. The number of rotatable bonds is 2. The molecule has 0 spiro atoms. The predicted octanol–water partition coefficient (Wildman–Crippen LogP) is 3.61. The molecule has 18 heavy (non-hydrogen) atoms. The highest BCUT2D eigenvalue weighted by Crippen LogP contribution is 2.33. The zero-order chi connectivity index (χ0) is 13.6. The van der Waals surface area contributed by atoms with Crippen molar-refractivity contribution in [3.8, 4) is 0 Å². The molecule has 1 aliphatic rings. The van der Waals surface area contributed by atoms with E-state index in [-0.39, 0.29) is 10.3 Å². The molecule has 0 N–H and O–H groups in total. The zero-order valence-electron chi connectivity index (χ0n) is 11.6. The molecule has 0 aromatic rings. The molecule has 0 saturated heterocycles. The second-order valence-electron chi connectivity index (χ2n) is 6.31. The molecule has 1 saturated carbocycles. The predicted molar refractivity (Wildman–Crippen MR) is 71.1 cm³/mol. The third kappa shape index (κ3) is 4.75. The summed E-state index contributed by atoms with van der Waals surface area (Å²) in [5.41, 5.74) is 0.159. The summed E-state index contributed by atoms with van der Waals surface area (Å²) in [6, 6.07) is -0.681. The zero-order valence-corrected chi connectivity index (χ0v) is 11.6. The summed E-state index contributed by atoms with van der Waals surface area (Å²) in [4.78, 5) is 22.0. The van der Waals surface area contributed by atoms with Crippen LogP contribution in [0.4, 0.5) is 0 Å². The molecule has 0 aliphatic heterocycles. The van der Waals surface area contributed by atoms with Crippen molar-refractivity contribution in [2.45, 2.75) is 71.3 Å². The smallest absolute Gasteiger partial charge is 0.222 e. The van der Waals surface area contributed by atoms with Crippen LogP contribution in [-0.4, -0.2) is 17.3 Å². The second-order valence-corrected chi connectivity index (χ2v) is 6.31. The number of carbonyl (C=O) groups is 1. The van der Waals surface area contributed by atoms with Crippen LogP contribution in [0.5, 0.6) is 0 Å². The normalized spacial score (nSPS) is 30.1. The summed E-state index contributed by atoms with van der Waals surface area (Å²) in [6.07, 6.45) is 8.38. The fourth-order valence-corrected chi connectivity index (χ4v) is 2.83. The van der Waals surface area contributed by atoms with E-state index >= 15 is 0 Å². The van der Waals surface area contributed by atoms with Crippen LogP contribution in [0, 0.1) is 21.4 Å². The van der Waals surface area contributed by atoms with Gasteiger partial charge in [-0.05, 0) is 24.7 Å². The number of aldehydes is 1. The Morgan fingerprint density at radius 3 is 2.39 bits per heavy atom. The minimum Gasteiger partial charge on any atom is -0.303 e. The minimum atomic E-state index is -0.681. The number of hydrogen-bond donors (Lipinski definition) is 0. The van der Waals surface area contributed by atoms with E-state index in [9.17, 15) is 14.9 Å². The van der Waals surface area contributed by atoms with Gasteiger partial charge in [0, 0.05) is 11.3 Å². The van der Waals surface area contributed by atoms with E-state index < -0.39 is 12.0 Å². The molecule has 0 heterocycles. The molecule has 2 atom stereocenters. The molecule has 0 aromatic carbocycles. The van der Waals surface area contributed by atoms with Gasteiger partial charge in [0.2, 0.25) is 6.04 Å². The lowest BCUT2D eigenvalue weighted by Crippen LogP contribution is -2.31. The molecule has 1 rings (SSSR count). The van der Waals surface area contributed by atoms with Gasteiger partial charge in [-0.1, -0.05) is 39.5 Å². The number of carbonyl (C=O) groups excluding carboxylic acids is 1. The molecule has 4 heteroatoms. The maximum atomic E-state index is 11.1. The number of nitro groups is 1. The van der Waals surface area contributed by atoms with Gasteiger partial charge in [-0.2, -0.15) is 0 Å². The fourth-order valence-electron chi connectivity index (χ4n) is 2.83. The van der Waals surface area contributed by atoms with Gasteiger partial charge in [-0.25, -0.2) is 0 Å². The third-order valence-corrected chi connectivity index (χ3v) is 4.20. The average molecular weight is 255 g/mol. The van der Waals surface area contributed by atoms with Crippen LogP contribution in [-0.2, 0) is 4.79 Å². The summed E-state index contributed by atoms with van der Waals surface area (Å²) in [7, 11) is 0. The van der Waals surface area contributed by atoms with Crippen LogP contribution >= 0.6 is 0 Å². The largest absolute Gasteiger partial charge is 0.303 e. The molecule has 1 aliphatic carbocycles. The van der Waals surface area contributed by atoms with Crippen LogP contribution in [0.15, 0.2) is 0 Å². The topological polar surface area (TPSA) is 60.2 Å². The van der Waals surface area contributed by atoms with Crippen LogP contribution < -0.4 is 0 Å². The quantitative estimate of drug-likeness (QED) is 0.430. The second kappa shape index (κ2) is 6.86. The van der Waals surface area contributed by atoms with Gasteiger partial charge in [-0.3, -0.25) is 10.1 Å². The first kappa shape index (κ1) is 15.1. The summed E-state index contributed by atoms with van der Waals surface area (Å²) >= 11 is 0. The lowest BCUT2D eigenvalue weighted by molar-refractivity contribution is -0.530. The van der Waals surface area contributed by atoms with Crippen LogP contribution in [0.25, 0.3) is 0 Å². The molecule has 2 unspecified atom stereocenters. The molecule has 4 nitrogen and oxygen atoms in total. The number of nitrogens with zero attached hydrogens (tertiary/aromatic N) is 1. The Morgan fingerprint density at radius 1 is 1.11 bits per heavy atom. The SMILES string of the molecule is CC1(C)CCCCCCC(C=O)C([N+](=O)[O-])CC1. The molecule has 0 radical (unpaired) electrons. The van der Waals surface area contributed by atoms with Crippen LogP contribution in [0.3, 0.4) is 0 Å². The van der Waals surface area contributed by atoms with Gasteiger partial charge in [0.15, 0.2) is 0 Å². The fraction of sp³-hybridized carbons (Fsp3) is 0.929. The molecular weight excluding hydrogens is 230 g/mol. The van der Waals surface area contributed by atoms with E-state index in [2.05, 4.69) is 13.8 Å². The van der Waals surface area contributed by atoms with Crippen molar-refractivity contribution in [3.63, 3.8) is 0 Å². The van der Waals surface area contributed by atoms with Crippen molar-refractivity contribution in [3.05, 3.63) is 10.1 Å². The van der Waals surface area contributed by atoms with E-state index in [4.69, 9.17) is 0 Å². The lowest BCUT2D eigenvalue weighted by atomic mass is 9.80.